The quantitative estimate of drug-likeness (QED) is 0.425. The summed E-state index contributed by atoms with van der Waals surface area (Å²) in [5, 5.41) is 6.81. The van der Waals surface area contributed by atoms with Gasteiger partial charge in [-0.2, -0.15) is 0 Å². The number of fused-ring (bicyclic) bond motifs is 2. The Kier molecular flexibility index (Phi) is 5.69. The molecule has 2 N–H and O–H groups in total. The number of aromatic amines is 1. The van der Waals surface area contributed by atoms with Crippen molar-refractivity contribution < 1.29 is 14.4 Å². The Labute approximate surface area is 193 Å². The van der Waals surface area contributed by atoms with E-state index in [1.54, 1.807) is 23.2 Å². The molecule has 3 aromatic rings. The van der Waals surface area contributed by atoms with Crippen LogP contribution < -0.4 is 10.2 Å². The predicted molar refractivity (Wildman–Crippen MR) is 130 cm³/mol. The Morgan fingerprint density at radius 1 is 1.24 bits per heavy atom. The van der Waals surface area contributed by atoms with Crippen LogP contribution in [0.25, 0.3) is 11.0 Å². The van der Waals surface area contributed by atoms with Gasteiger partial charge in [0, 0.05) is 24.7 Å². The molecule has 4 rings (SSSR count). The Hall–Kier alpha value is -3.68. The molecule has 172 valence electrons. The number of amides is 2. The standard InChI is InChI=1S/C25H29N5O3/c1-24(2,3)33-26-12-9-13-30-20-15-19-18(14-17(20)25(4,5)22(30)32)27-23(28-19)29-21(31)16-10-7-6-8-11-16/h6-8,10-12,14-15H,9,13H2,1-5H3,(H2,27,28,29,31). The molecule has 0 fully saturated rings. The minimum Gasteiger partial charge on any atom is -0.390 e. The normalized spacial score (nSPS) is 15.3. The number of aromatic nitrogens is 2. The van der Waals surface area contributed by atoms with Crippen molar-refractivity contribution in [1.82, 2.24) is 9.97 Å². The number of nitrogens with zero attached hydrogens (tertiary/aromatic N) is 3. The summed E-state index contributed by atoms with van der Waals surface area (Å²) in [5.74, 6) is 0.161. The van der Waals surface area contributed by atoms with Crippen LogP contribution in [0, 0.1) is 0 Å². The van der Waals surface area contributed by atoms with E-state index in [2.05, 4.69) is 20.4 Å². The van der Waals surface area contributed by atoms with Gasteiger partial charge in [-0.3, -0.25) is 14.9 Å². The Morgan fingerprint density at radius 2 is 1.97 bits per heavy atom. The van der Waals surface area contributed by atoms with E-state index in [0.717, 1.165) is 16.8 Å². The van der Waals surface area contributed by atoms with Crippen LogP contribution in [0.15, 0.2) is 47.6 Å². The van der Waals surface area contributed by atoms with Crippen LogP contribution in [-0.2, 0) is 15.0 Å². The number of H-pyrrole nitrogens is 1. The van der Waals surface area contributed by atoms with Gasteiger partial charge in [-0.25, -0.2) is 4.98 Å². The third-order valence-corrected chi connectivity index (χ3v) is 5.49. The van der Waals surface area contributed by atoms with Crippen molar-refractivity contribution in [3.8, 4) is 0 Å². The van der Waals surface area contributed by atoms with E-state index in [9.17, 15) is 9.59 Å². The highest BCUT2D eigenvalue weighted by molar-refractivity contribution is 6.10. The molecular formula is C25H29N5O3. The number of carbonyl (C=O) groups is 2. The lowest BCUT2D eigenvalue weighted by Gasteiger charge is -2.19. The van der Waals surface area contributed by atoms with E-state index in [1.807, 2.05) is 65.0 Å². The van der Waals surface area contributed by atoms with Gasteiger partial charge in [-0.1, -0.05) is 23.4 Å². The van der Waals surface area contributed by atoms with Crippen LogP contribution in [0.1, 0.15) is 57.0 Å². The molecule has 1 aliphatic rings. The van der Waals surface area contributed by atoms with Gasteiger partial charge in [0.15, 0.2) is 0 Å². The summed E-state index contributed by atoms with van der Waals surface area (Å²) in [4.78, 5) is 40.4. The summed E-state index contributed by atoms with van der Waals surface area (Å²) in [6.45, 7) is 10.1. The van der Waals surface area contributed by atoms with E-state index < -0.39 is 5.41 Å². The number of oxime groups is 1. The highest BCUT2D eigenvalue weighted by Gasteiger charge is 2.44. The number of imidazole rings is 1. The topological polar surface area (TPSA) is 99.7 Å². The average Bonchev–Trinajstić information content (AvgIpc) is 3.23. The molecule has 0 radical (unpaired) electrons. The molecule has 2 heterocycles. The second-order valence-corrected chi connectivity index (χ2v) is 9.65. The first-order valence-corrected chi connectivity index (χ1v) is 11.0. The van der Waals surface area contributed by atoms with Crippen LogP contribution in [0.3, 0.4) is 0 Å². The Morgan fingerprint density at radius 3 is 2.67 bits per heavy atom. The maximum Gasteiger partial charge on any atom is 0.257 e. The highest BCUT2D eigenvalue weighted by Crippen LogP contribution is 2.43. The van der Waals surface area contributed by atoms with Crippen LogP contribution in [0.4, 0.5) is 11.6 Å². The van der Waals surface area contributed by atoms with E-state index in [-0.39, 0.29) is 17.4 Å². The largest absolute Gasteiger partial charge is 0.390 e. The fourth-order valence-corrected chi connectivity index (χ4v) is 3.82. The molecule has 0 unspecified atom stereocenters. The summed E-state index contributed by atoms with van der Waals surface area (Å²) in [6, 6.07) is 12.8. The SMILES string of the molecule is CC(C)(C)ON=CCCN1C(=O)C(C)(C)c2cc3[nH]c(NC(=O)c4ccccc4)nc3cc21. The molecule has 0 atom stereocenters. The number of carbonyl (C=O) groups excluding carboxylic acids is 2. The van der Waals surface area contributed by atoms with Crippen LogP contribution >= 0.6 is 0 Å². The van der Waals surface area contributed by atoms with Crippen LogP contribution in [0.2, 0.25) is 0 Å². The number of nitrogens with one attached hydrogen (secondary N) is 2. The predicted octanol–water partition coefficient (Wildman–Crippen LogP) is 4.63. The van der Waals surface area contributed by atoms with E-state index in [0.29, 0.717) is 30.0 Å². The van der Waals surface area contributed by atoms with E-state index >= 15 is 0 Å². The number of benzene rings is 2. The summed E-state index contributed by atoms with van der Waals surface area (Å²) < 4.78 is 0. The summed E-state index contributed by atoms with van der Waals surface area (Å²) in [5.41, 5.74) is 2.73. The van der Waals surface area contributed by atoms with Gasteiger partial charge < -0.3 is 14.7 Å². The van der Waals surface area contributed by atoms with Crippen molar-refractivity contribution in [3.63, 3.8) is 0 Å². The third-order valence-electron chi connectivity index (χ3n) is 5.49. The monoisotopic (exact) mass is 447 g/mol. The van der Waals surface area contributed by atoms with Crippen molar-refractivity contribution in [3.05, 3.63) is 53.6 Å². The zero-order valence-electron chi connectivity index (χ0n) is 19.6. The van der Waals surface area contributed by atoms with Gasteiger partial charge in [0.25, 0.3) is 5.91 Å². The zero-order valence-corrected chi connectivity index (χ0v) is 19.6. The molecule has 8 nitrogen and oxygen atoms in total. The molecule has 33 heavy (non-hydrogen) atoms. The number of anilines is 2. The summed E-state index contributed by atoms with van der Waals surface area (Å²) in [7, 11) is 0. The lowest BCUT2D eigenvalue weighted by Crippen LogP contribution is -2.36. The molecule has 0 spiro atoms. The highest BCUT2D eigenvalue weighted by atomic mass is 16.6. The van der Waals surface area contributed by atoms with Gasteiger partial charge in [-0.15, -0.1) is 0 Å². The van der Waals surface area contributed by atoms with Gasteiger partial charge in [0.05, 0.1) is 22.1 Å². The minimum atomic E-state index is -0.666. The van der Waals surface area contributed by atoms with Crippen molar-refractivity contribution in [1.29, 1.82) is 0 Å². The lowest BCUT2D eigenvalue weighted by atomic mass is 9.86. The lowest BCUT2D eigenvalue weighted by molar-refractivity contribution is -0.122. The van der Waals surface area contributed by atoms with Crippen molar-refractivity contribution in [2.45, 2.75) is 52.1 Å². The molecule has 2 amide bonds. The first-order chi connectivity index (χ1) is 15.6. The van der Waals surface area contributed by atoms with Gasteiger partial charge in [0.2, 0.25) is 11.9 Å². The molecule has 1 aliphatic heterocycles. The van der Waals surface area contributed by atoms with E-state index in [4.69, 9.17) is 4.84 Å². The molecule has 0 saturated carbocycles. The summed E-state index contributed by atoms with van der Waals surface area (Å²) in [6.07, 6.45) is 2.25. The molecule has 0 saturated heterocycles. The van der Waals surface area contributed by atoms with Crippen molar-refractivity contribution >= 4 is 40.7 Å². The van der Waals surface area contributed by atoms with Crippen molar-refractivity contribution in [2.75, 3.05) is 16.8 Å². The van der Waals surface area contributed by atoms with Gasteiger partial charge >= 0.3 is 0 Å². The van der Waals surface area contributed by atoms with Crippen LogP contribution in [-0.4, -0.2) is 40.1 Å². The summed E-state index contributed by atoms with van der Waals surface area (Å²) >= 11 is 0. The number of hydrogen-bond donors (Lipinski definition) is 2. The van der Waals surface area contributed by atoms with Gasteiger partial charge in [0.1, 0.15) is 5.60 Å². The third kappa shape index (κ3) is 4.60. The molecule has 2 aromatic carbocycles. The second kappa shape index (κ2) is 8.35. The first-order valence-electron chi connectivity index (χ1n) is 11.0. The van der Waals surface area contributed by atoms with E-state index in [1.165, 1.54) is 0 Å². The average molecular weight is 448 g/mol. The number of rotatable bonds is 6. The Balaban J connectivity index is 1.56. The molecule has 8 heteroatoms. The first kappa shape index (κ1) is 22.5. The molecule has 0 bridgehead atoms. The van der Waals surface area contributed by atoms with Gasteiger partial charge in [-0.05, 0) is 64.4 Å². The maximum absolute atomic E-state index is 13.1. The maximum atomic E-state index is 13.1. The zero-order chi connectivity index (χ0) is 23.8. The fourth-order valence-electron chi connectivity index (χ4n) is 3.82. The smallest absolute Gasteiger partial charge is 0.257 e. The minimum absolute atomic E-state index is 0.0351. The molecule has 0 aliphatic carbocycles. The fraction of sp³-hybridized carbons (Fsp3) is 0.360. The Bertz CT molecular complexity index is 1220. The van der Waals surface area contributed by atoms with Crippen molar-refractivity contribution in [2.24, 2.45) is 5.16 Å². The number of hydrogen-bond acceptors (Lipinski definition) is 5. The molecular weight excluding hydrogens is 418 g/mol. The van der Waals surface area contributed by atoms with Crippen LogP contribution in [0.5, 0.6) is 0 Å². The second-order valence-electron chi connectivity index (χ2n) is 9.65. The molecule has 1 aromatic heterocycles.